The number of aromatic nitrogens is 1. The molecule has 0 atom stereocenters. The average molecular weight is 333 g/mol. The van der Waals surface area contributed by atoms with Gasteiger partial charge in [0.05, 0.1) is 11.4 Å². The molecule has 0 saturated carbocycles. The number of rotatable bonds is 4. The third-order valence-electron chi connectivity index (χ3n) is 4.63. The molecule has 0 unspecified atom stereocenters. The fraction of sp³-hybridized carbons (Fsp3) is 0.0417. The van der Waals surface area contributed by atoms with Crippen LogP contribution < -0.4 is 5.46 Å². The SMILES string of the molecule is CBc1cccc(-c2cc(-c3ccccc3)nc(-c3ccccc3)c2)c1. The Kier molecular flexibility index (Phi) is 4.66. The predicted octanol–water partition coefficient (Wildman–Crippen LogP) is 5.19. The van der Waals surface area contributed by atoms with E-state index < -0.39 is 0 Å². The van der Waals surface area contributed by atoms with Crippen LogP contribution in [0.15, 0.2) is 97.1 Å². The minimum Gasteiger partial charge on any atom is -0.248 e. The zero-order valence-corrected chi connectivity index (χ0v) is 14.9. The Morgan fingerprint density at radius 3 is 1.62 bits per heavy atom. The van der Waals surface area contributed by atoms with Crippen molar-refractivity contribution in [2.24, 2.45) is 0 Å². The molecule has 0 N–H and O–H groups in total. The van der Waals surface area contributed by atoms with Crippen LogP contribution in [0.5, 0.6) is 0 Å². The minimum atomic E-state index is 1.00. The van der Waals surface area contributed by atoms with Gasteiger partial charge in [-0.1, -0.05) is 97.2 Å². The van der Waals surface area contributed by atoms with Crippen molar-refractivity contribution in [3.8, 4) is 33.6 Å². The Morgan fingerprint density at radius 2 is 1.08 bits per heavy atom. The van der Waals surface area contributed by atoms with Gasteiger partial charge in [-0.25, -0.2) is 4.98 Å². The third-order valence-corrected chi connectivity index (χ3v) is 4.63. The van der Waals surface area contributed by atoms with Gasteiger partial charge in [0, 0.05) is 11.1 Å². The minimum absolute atomic E-state index is 1.00. The summed E-state index contributed by atoms with van der Waals surface area (Å²) in [6, 6.07) is 33.9. The van der Waals surface area contributed by atoms with E-state index >= 15 is 0 Å². The topological polar surface area (TPSA) is 12.9 Å². The molecule has 4 rings (SSSR count). The number of hydrogen-bond donors (Lipinski definition) is 0. The molecule has 124 valence electrons. The Morgan fingerprint density at radius 1 is 0.538 bits per heavy atom. The highest BCUT2D eigenvalue weighted by molar-refractivity contribution is 6.52. The fourth-order valence-corrected chi connectivity index (χ4v) is 3.18. The molecule has 0 aliphatic rings. The lowest BCUT2D eigenvalue weighted by molar-refractivity contribution is 1.32. The summed E-state index contributed by atoms with van der Waals surface area (Å²) in [6.45, 7) is 2.19. The Balaban J connectivity index is 1.90. The van der Waals surface area contributed by atoms with E-state index in [-0.39, 0.29) is 0 Å². The molecule has 1 aromatic heterocycles. The molecule has 1 heterocycles. The van der Waals surface area contributed by atoms with Gasteiger partial charge < -0.3 is 0 Å². The summed E-state index contributed by atoms with van der Waals surface area (Å²) in [5.41, 5.74) is 8.07. The molecule has 0 aliphatic carbocycles. The van der Waals surface area contributed by atoms with E-state index in [1.165, 1.54) is 16.6 Å². The summed E-state index contributed by atoms with van der Waals surface area (Å²) >= 11 is 0. The van der Waals surface area contributed by atoms with Crippen molar-refractivity contribution in [1.82, 2.24) is 4.98 Å². The van der Waals surface area contributed by atoms with Crippen molar-refractivity contribution in [1.29, 1.82) is 0 Å². The van der Waals surface area contributed by atoms with Crippen LogP contribution in [0.4, 0.5) is 0 Å². The number of nitrogens with zero attached hydrogens (tertiary/aromatic N) is 1. The first-order chi connectivity index (χ1) is 12.8. The molecular weight excluding hydrogens is 313 g/mol. The summed E-state index contributed by atoms with van der Waals surface area (Å²) < 4.78 is 0. The molecule has 0 radical (unpaired) electrons. The molecule has 26 heavy (non-hydrogen) atoms. The molecule has 0 fully saturated rings. The van der Waals surface area contributed by atoms with Crippen LogP contribution in [0.2, 0.25) is 6.82 Å². The lowest BCUT2D eigenvalue weighted by Gasteiger charge is -2.11. The summed E-state index contributed by atoms with van der Waals surface area (Å²) in [5.74, 6) is 0. The maximum atomic E-state index is 4.94. The molecule has 1 nitrogen and oxygen atoms in total. The van der Waals surface area contributed by atoms with Crippen molar-refractivity contribution in [3.05, 3.63) is 97.1 Å². The van der Waals surface area contributed by atoms with Crippen LogP contribution in [-0.2, 0) is 0 Å². The second kappa shape index (κ2) is 7.41. The molecule has 0 amide bonds. The van der Waals surface area contributed by atoms with E-state index in [2.05, 4.69) is 91.8 Å². The molecule has 0 saturated heterocycles. The highest BCUT2D eigenvalue weighted by Crippen LogP contribution is 2.29. The molecule has 0 spiro atoms. The second-order valence-corrected chi connectivity index (χ2v) is 6.41. The summed E-state index contributed by atoms with van der Waals surface area (Å²) in [5, 5.41) is 0. The second-order valence-electron chi connectivity index (χ2n) is 6.41. The molecular formula is C24H20BN. The van der Waals surface area contributed by atoms with E-state index in [0.29, 0.717) is 0 Å². The smallest absolute Gasteiger partial charge is 0.154 e. The monoisotopic (exact) mass is 333 g/mol. The van der Waals surface area contributed by atoms with E-state index in [1.54, 1.807) is 0 Å². The maximum Gasteiger partial charge on any atom is 0.154 e. The first-order valence-corrected chi connectivity index (χ1v) is 9.06. The number of benzene rings is 3. The highest BCUT2D eigenvalue weighted by atomic mass is 14.7. The maximum absolute atomic E-state index is 4.94. The van der Waals surface area contributed by atoms with Crippen LogP contribution >= 0.6 is 0 Å². The summed E-state index contributed by atoms with van der Waals surface area (Å²) in [6.07, 6.45) is 0. The van der Waals surface area contributed by atoms with Crippen molar-refractivity contribution in [2.45, 2.75) is 6.82 Å². The lowest BCUT2D eigenvalue weighted by atomic mass is 9.73. The van der Waals surface area contributed by atoms with E-state index in [4.69, 9.17) is 4.98 Å². The normalized spacial score (nSPS) is 10.5. The van der Waals surface area contributed by atoms with E-state index in [0.717, 1.165) is 29.8 Å². The molecule has 2 heteroatoms. The summed E-state index contributed by atoms with van der Waals surface area (Å²) in [7, 11) is 1.04. The van der Waals surface area contributed by atoms with Gasteiger partial charge in [0.15, 0.2) is 7.28 Å². The van der Waals surface area contributed by atoms with Gasteiger partial charge in [0.25, 0.3) is 0 Å². The molecule has 0 aliphatic heterocycles. The molecule has 0 bridgehead atoms. The lowest BCUT2D eigenvalue weighted by Crippen LogP contribution is -2.09. The van der Waals surface area contributed by atoms with Gasteiger partial charge in [0.2, 0.25) is 0 Å². The van der Waals surface area contributed by atoms with Crippen LogP contribution in [0.25, 0.3) is 33.6 Å². The average Bonchev–Trinajstić information content (AvgIpc) is 2.75. The first kappa shape index (κ1) is 16.3. The van der Waals surface area contributed by atoms with Crippen LogP contribution in [0.1, 0.15) is 0 Å². The molecule has 3 aromatic carbocycles. The largest absolute Gasteiger partial charge is 0.248 e. The van der Waals surface area contributed by atoms with Gasteiger partial charge in [0.1, 0.15) is 0 Å². The van der Waals surface area contributed by atoms with Crippen molar-refractivity contribution in [3.63, 3.8) is 0 Å². The van der Waals surface area contributed by atoms with Crippen molar-refractivity contribution < 1.29 is 0 Å². The number of hydrogen-bond acceptors (Lipinski definition) is 1. The van der Waals surface area contributed by atoms with Gasteiger partial charge in [-0.15, -0.1) is 0 Å². The predicted molar refractivity (Wildman–Crippen MR) is 113 cm³/mol. The fourth-order valence-electron chi connectivity index (χ4n) is 3.18. The summed E-state index contributed by atoms with van der Waals surface area (Å²) in [4.78, 5) is 4.94. The highest BCUT2D eigenvalue weighted by Gasteiger charge is 2.09. The van der Waals surface area contributed by atoms with Crippen LogP contribution in [-0.4, -0.2) is 12.3 Å². The van der Waals surface area contributed by atoms with Crippen LogP contribution in [0, 0.1) is 0 Å². The zero-order valence-electron chi connectivity index (χ0n) is 14.9. The number of pyridine rings is 1. The van der Waals surface area contributed by atoms with Gasteiger partial charge in [-0.2, -0.15) is 0 Å². The van der Waals surface area contributed by atoms with Gasteiger partial charge in [-0.05, 0) is 23.3 Å². The van der Waals surface area contributed by atoms with Crippen molar-refractivity contribution >= 4 is 12.7 Å². The Labute approximate surface area is 155 Å². The van der Waals surface area contributed by atoms with Gasteiger partial charge >= 0.3 is 0 Å². The first-order valence-electron chi connectivity index (χ1n) is 9.06. The zero-order chi connectivity index (χ0) is 17.8. The standard InChI is InChI=1S/C24H20BN/c1-25-22-14-8-13-20(15-22)21-16-23(18-9-4-2-5-10-18)26-24(17-21)19-11-6-3-7-12-19/h2-17,25H,1H3. The van der Waals surface area contributed by atoms with E-state index in [1.807, 2.05) is 12.1 Å². The van der Waals surface area contributed by atoms with Crippen LogP contribution in [0.3, 0.4) is 0 Å². The quantitative estimate of drug-likeness (QED) is 0.468. The Bertz CT molecular complexity index is 953. The third kappa shape index (κ3) is 3.45. The Hall–Kier alpha value is -3.13. The van der Waals surface area contributed by atoms with Crippen molar-refractivity contribution in [2.75, 3.05) is 0 Å². The van der Waals surface area contributed by atoms with Gasteiger partial charge in [-0.3, -0.25) is 0 Å². The van der Waals surface area contributed by atoms with E-state index in [9.17, 15) is 0 Å². The molecule has 4 aromatic rings.